The van der Waals surface area contributed by atoms with E-state index in [1.54, 1.807) is 0 Å². The minimum atomic E-state index is 0.714. The van der Waals surface area contributed by atoms with Gasteiger partial charge in [0.15, 0.2) is 5.11 Å². The third-order valence-corrected chi connectivity index (χ3v) is 4.23. The number of piperidine rings is 1. The van der Waals surface area contributed by atoms with Gasteiger partial charge in [-0.2, -0.15) is 0 Å². The summed E-state index contributed by atoms with van der Waals surface area (Å²) >= 11 is 5.32. The summed E-state index contributed by atoms with van der Waals surface area (Å²) in [6.07, 6.45) is 3.88. The van der Waals surface area contributed by atoms with Crippen LogP contribution in [0.2, 0.25) is 0 Å². The van der Waals surface area contributed by atoms with Gasteiger partial charge < -0.3 is 15.5 Å². The van der Waals surface area contributed by atoms with Crippen LogP contribution in [0.5, 0.6) is 0 Å². The fourth-order valence-corrected chi connectivity index (χ4v) is 3.03. The van der Waals surface area contributed by atoms with Crippen LogP contribution in [0, 0.1) is 12.8 Å². The quantitative estimate of drug-likeness (QED) is 0.644. The molecule has 3 nitrogen and oxygen atoms in total. The largest absolute Gasteiger partial charge is 0.362 e. The molecule has 1 aliphatic heterocycles. The molecule has 21 heavy (non-hydrogen) atoms. The fraction of sp³-hybridized carbons (Fsp3) is 0.588. The molecule has 116 valence electrons. The van der Waals surface area contributed by atoms with Crippen LogP contribution in [-0.2, 0) is 0 Å². The van der Waals surface area contributed by atoms with E-state index in [2.05, 4.69) is 53.6 Å². The van der Waals surface area contributed by atoms with Crippen LogP contribution < -0.4 is 10.6 Å². The maximum atomic E-state index is 5.32. The Morgan fingerprint density at radius 2 is 2.10 bits per heavy atom. The number of hydrogen-bond donors (Lipinski definition) is 2. The molecule has 0 saturated carbocycles. The number of nitrogens with one attached hydrogen (secondary N) is 2. The van der Waals surface area contributed by atoms with Crippen LogP contribution in [0.1, 0.15) is 31.7 Å². The van der Waals surface area contributed by atoms with Crippen molar-refractivity contribution in [2.75, 3.05) is 31.5 Å². The molecule has 2 N–H and O–H groups in total. The van der Waals surface area contributed by atoms with Crippen molar-refractivity contribution in [2.24, 2.45) is 5.92 Å². The monoisotopic (exact) mass is 305 g/mol. The van der Waals surface area contributed by atoms with E-state index in [9.17, 15) is 0 Å². The lowest BCUT2D eigenvalue weighted by atomic mass is 10.0. The van der Waals surface area contributed by atoms with Gasteiger partial charge in [0.1, 0.15) is 0 Å². The Balaban J connectivity index is 1.59. The Morgan fingerprint density at radius 3 is 2.81 bits per heavy atom. The normalized spacial score (nSPS) is 19.2. The Hall–Kier alpha value is -1.13. The summed E-state index contributed by atoms with van der Waals surface area (Å²) in [7, 11) is 0. The van der Waals surface area contributed by atoms with Crippen molar-refractivity contribution in [3.05, 3.63) is 29.8 Å². The van der Waals surface area contributed by atoms with Gasteiger partial charge in [0.25, 0.3) is 0 Å². The highest BCUT2D eigenvalue weighted by molar-refractivity contribution is 7.80. The Morgan fingerprint density at radius 1 is 1.33 bits per heavy atom. The van der Waals surface area contributed by atoms with Crippen molar-refractivity contribution in [2.45, 2.75) is 33.1 Å². The van der Waals surface area contributed by atoms with Crippen molar-refractivity contribution in [1.29, 1.82) is 0 Å². The molecule has 1 saturated heterocycles. The lowest BCUT2D eigenvalue weighted by Gasteiger charge is -2.30. The second-order valence-corrected chi connectivity index (χ2v) is 6.56. The molecule has 1 aromatic rings. The van der Waals surface area contributed by atoms with Crippen molar-refractivity contribution in [3.63, 3.8) is 0 Å². The molecule has 1 heterocycles. The first-order valence-corrected chi connectivity index (χ1v) is 8.38. The molecule has 1 unspecified atom stereocenters. The van der Waals surface area contributed by atoms with Gasteiger partial charge in [-0.15, -0.1) is 0 Å². The van der Waals surface area contributed by atoms with Crippen LogP contribution in [-0.4, -0.2) is 36.2 Å². The number of thiocarbonyl (C=S) groups is 1. The molecule has 0 spiro atoms. The smallest absolute Gasteiger partial charge is 0.170 e. The topological polar surface area (TPSA) is 27.3 Å². The molecule has 0 radical (unpaired) electrons. The maximum Gasteiger partial charge on any atom is 0.170 e. The average molecular weight is 305 g/mol. The van der Waals surface area contributed by atoms with Crippen LogP contribution >= 0.6 is 12.2 Å². The molecule has 0 bridgehead atoms. The molecule has 0 aromatic heterocycles. The lowest BCUT2D eigenvalue weighted by molar-refractivity contribution is 0.182. The number of rotatable bonds is 5. The van der Waals surface area contributed by atoms with E-state index in [1.165, 1.54) is 38.0 Å². The zero-order chi connectivity index (χ0) is 15.1. The average Bonchev–Trinajstić information content (AvgIpc) is 2.46. The molecular weight excluding hydrogens is 278 g/mol. The van der Waals surface area contributed by atoms with Crippen LogP contribution in [0.15, 0.2) is 24.3 Å². The molecule has 1 aliphatic rings. The molecule has 0 amide bonds. The van der Waals surface area contributed by atoms with E-state index in [-0.39, 0.29) is 0 Å². The Kier molecular flexibility index (Phi) is 6.46. The third-order valence-electron chi connectivity index (χ3n) is 3.99. The Labute approximate surface area is 134 Å². The number of hydrogen-bond acceptors (Lipinski definition) is 2. The Bertz CT molecular complexity index is 444. The number of likely N-dealkylation sites (tertiary alicyclic amines) is 1. The summed E-state index contributed by atoms with van der Waals surface area (Å²) in [6.45, 7) is 9.06. The van der Waals surface area contributed by atoms with Crippen LogP contribution in [0.3, 0.4) is 0 Å². The van der Waals surface area contributed by atoms with Crippen molar-refractivity contribution < 1.29 is 0 Å². The van der Waals surface area contributed by atoms with Gasteiger partial charge in [0.05, 0.1) is 0 Å². The van der Waals surface area contributed by atoms with E-state index in [1.807, 2.05) is 0 Å². The molecule has 1 fully saturated rings. The molecule has 1 aromatic carbocycles. The van der Waals surface area contributed by atoms with Gasteiger partial charge in [-0.25, -0.2) is 0 Å². The predicted molar refractivity (Wildman–Crippen MR) is 94.9 cm³/mol. The first-order chi connectivity index (χ1) is 10.1. The highest BCUT2D eigenvalue weighted by Crippen LogP contribution is 2.15. The first-order valence-electron chi connectivity index (χ1n) is 7.97. The second-order valence-electron chi connectivity index (χ2n) is 6.15. The van der Waals surface area contributed by atoms with Gasteiger partial charge in [0, 0.05) is 18.8 Å². The molecular formula is C17H27N3S. The minimum absolute atomic E-state index is 0.714. The summed E-state index contributed by atoms with van der Waals surface area (Å²) in [6, 6.07) is 8.28. The maximum absolute atomic E-state index is 5.32. The van der Waals surface area contributed by atoms with Crippen LogP contribution in [0.25, 0.3) is 0 Å². The number of nitrogens with zero attached hydrogens (tertiary/aromatic N) is 1. The van der Waals surface area contributed by atoms with E-state index >= 15 is 0 Å². The fourth-order valence-electron chi connectivity index (χ4n) is 2.81. The number of benzene rings is 1. The molecule has 4 heteroatoms. The van der Waals surface area contributed by atoms with Gasteiger partial charge in [-0.3, -0.25) is 0 Å². The third kappa shape index (κ3) is 6.02. The lowest BCUT2D eigenvalue weighted by Crippen LogP contribution is -2.37. The SMILES string of the molecule is Cc1ccc(NC(=S)NCCCN2CCCC(C)C2)cc1. The van der Waals surface area contributed by atoms with Crippen molar-refractivity contribution in [3.8, 4) is 0 Å². The van der Waals surface area contributed by atoms with Gasteiger partial charge in [0.2, 0.25) is 0 Å². The van der Waals surface area contributed by atoms with Gasteiger partial charge in [-0.1, -0.05) is 24.6 Å². The van der Waals surface area contributed by atoms with E-state index < -0.39 is 0 Å². The number of anilines is 1. The molecule has 0 aliphatic carbocycles. The van der Waals surface area contributed by atoms with Crippen LogP contribution in [0.4, 0.5) is 5.69 Å². The van der Waals surface area contributed by atoms with E-state index in [4.69, 9.17) is 12.2 Å². The van der Waals surface area contributed by atoms with E-state index in [0.29, 0.717) is 5.11 Å². The minimum Gasteiger partial charge on any atom is -0.362 e. The van der Waals surface area contributed by atoms with Gasteiger partial charge in [-0.05, 0) is 69.5 Å². The predicted octanol–water partition coefficient (Wildman–Crippen LogP) is 3.40. The zero-order valence-corrected chi connectivity index (χ0v) is 14.0. The van der Waals surface area contributed by atoms with Crippen molar-refractivity contribution >= 4 is 23.0 Å². The van der Waals surface area contributed by atoms with E-state index in [0.717, 1.165) is 24.6 Å². The first kappa shape index (κ1) is 16.2. The van der Waals surface area contributed by atoms with Gasteiger partial charge >= 0.3 is 0 Å². The summed E-state index contributed by atoms with van der Waals surface area (Å²) in [4.78, 5) is 2.58. The highest BCUT2D eigenvalue weighted by atomic mass is 32.1. The zero-order valence-electron chi connectivity index (χ0n) is 13.2. The summed E-state index contributed by atoms with van der Waals surface area (Å²) in [5.41, 5.74) is 2.30. The number of aryl methyl sites for hydroxylation is 1. The second kappa shape index (κ2) is 8.35. The van der Waals surface area contributed by atoms with Crippen molar-refractivity contribution in [1.82, 2.24) is 10.2 Å². The summed E-state index contributed by atoms with van der Waals surface area (Å²) in [5, 5.41) is 7.23. The molecule has 2 rings (SSSR count). The standard InChI is InChI=1S/C17H27N3S/c1-14-6-8-16(9-7-14)19-17(21)18-10-4-12-20-11-3-5-15(2)13-20/h6-9,15H,3-5,10-13H2,1-2H3,(H2,18,19,21). The highest BCUT2D eigenvalue weighted by Gasteiger charge is 2.15. The molecule has 1 atom stereocenters. The summed E-state index contributed by atoms with van der Waals surface area (Å²) in [5.74, 6) is 0.857. The summed E-state index contributed by atoms with van der Waals surface area (Å²) < 4.78 is 0.